The molecule has 1 fully saturated rings. The Morgan fingerprint density at radius 2 is 1.50 bits per heavy atom. The Labute approximate surface area is 126 Å². The lowest BCUT2D eigenvalue weighted by Gasteiger charge is -2.35. The molecule has 0 aromatic heterocycles. The first kappa shape index (κ1) is 18.0. The summed E-state index contributed by atoms with van der Waals surface area (Å²) in [6.45, 7) is 6.45. The molecule has 1 saturated carbocycles. The van der Waals surface area contributed by atoms with Crippen molar-refractivity contribution in [2.24, 2.45) is 5.92 Å². The van der Waals surface area contributed by atoms with Crippen LogP contribution in [-0.4, -0.2) is 23.8 Å². The number of aliphatic hydroxyl groups is 1. The summed E-state index contributed by atoms with van der Waals surface area (Å²) in [4.78, 5) is 0. The minimum absolute atomic E-state index is 0.410. The maximum absolute atomic E-state index is 10.4. The van der Waals surface area contributed by atoms with Crippen molar-refractivity contribution in [3.05, 3.63) is 0 Å². The van der Waals surface area contributed by atoms with Gasteiger partial charge in [-0.05, 0) is 44.6 Å². The molecule has 2 heteroatoms. The van der Waals surface area contributed by atoms with Crippen LogP contribution in [0.1, 0.15) is 90.9 Å². The van der Waals surface area contributed by atoms with Crippen LogP contribution in [0.15, 0.2) is 0 Å². The van der Waals surface area contributed by atoms with Crippen molar-refractivity contribution in [1.82, 2.24) is 5.32 Å². The first-order chi connectivity index (χ1) is 9.66. The SMILES string of the molecule is CCCCCCCCCCNCC1(O)CCC(C)CC1. The second kappa shape index (κ2) is 10.6. The fourth-order valence-electron chi connectivity index (χ4n) is 3.18. The van der Waals surface area contributed by atoms with Crippen LogP contribution in [0.4, 0.5) is 0 Å². The highest BCUT2D eigenvalue weighted by molar-refractivity contribution is 4.86. The van der Waals surface area contributed by atoms with Crippen molar-refractivity contribution < 1.29 is 5.11 Å². The Hall–Kier alpha value is -0.0800. The molecule has 0 unspecified atom stereocenters. The Bertz CT molecular complexity index is 221. The third kappa shape index (κ3) is 8.26. The van der Waals surface area contributed by atoms with E-state index in [9.17, 15) is 5.11 Å². The van der Waals surface area contributed by atoms with Crippen molar-refractivity contribution in [2.45, 2.75) is 96.5 Å². The summed E-state index contributed by atoms with van der Waals surface area (Å²) in [5.74, 6) is 0.808. The summed E-state index contributed by atoms with van der Waals surface area (Å²) < 4.78 is 0. The average molecular weight is 284 g/mol. The molecule has 0 atom stereocenters. The van der Waals surface area contributed by atoms with Gasteiger partial charge in [-0.15, -0.1) is 0 Å². The van der Waals surface area contributed by atoms with Gasteiger partial charge in [0.2, 0.25) is 0 Å². The van der Waals surface area contributed by atoms with Gasteiger partial charge < -0.3 is 10.4 Å². The third-order valence-electron chi connectivity index (χ3n) is 4.87. The molecule has 0 bridgehead atoms. The molecule has 120 valence electrons. The molecule has 0 radical (unpaired) electrons. The predicted molar refractivity (Wildman–Crippen MR) is 88.1 cm³/mol. The van der Waals surface area contributed by atoms with Gasteiger partial charge in [0.15, 0.2) is 0 Å². The minimum Gasteiger partial charge on any atom is -0.389 e. The summed E-state index contributed by atoms with van der Waals surface area (Å²) in [5, 5.41) is 13.9. The highest BCUT2D eigenvalue weighted by Gasteiger charge is 2.30. The lowest BCUT2D eigenvalue weighted by Crippen LogP contribution is -2.43. The summed E-state index contributed by atoms with van der Waals surface area (Å²) >= 11 is 0. The molecule has 2 nitrogen and oxygen atoms in total. The van der Waals surface area contributed by atoms with Crippen LogP contribution in [0.25, 0.3) is 0 Å². The highest BCUT2D eigenvalue weighted by Crippen LogP contribution is 2.31. The van der Waals surface area contributed by atoms with E-state index >= 15 is 0 Å². The average Bonchev–Trinajstić information content (AvgIpc) is 2.45. The number of rotatable bonds is 11. The molecule has 0 spiro atoms. The Kier molecular flexibility index (Phi) is 9.54. The molecule has 2 N–H and O–H groups in total. The lowest BCUT2D eigenvalue weighted by molar-refractivity contribution is -0.00595. The smallest absolute Gasteiger partial charge is 0.0771 e. The number of hydrogen-bond donors (Lipinski definition) is 2. The van der Waals surface area contributed by atoms with Gasteiger partial charge in [0, 0.05) is 6.54 Å². The van der Waals surface area contributed by atoms with Crippen LogP contribution in [0, 0.1) is 5.92 Å². The Morgan fingerprint density at radius 3 is 2.10 bits per heavy atom. The van der Waals surface area contributed by atoms with E-state index in [1.165, 1.54) is 64.2 Å². The fourth-order valence-corrected chi connectivity index (χ4v) is 3.18. The Morgan fingerprint density at radius 1 is 0.950 bits per heavy atom. The molecule has 0 heterocycles. The van der Waals surface area contributed by atoms with Crippen molar-refractivity contribution >= 4 is 0 Å². The van der Waals surface area contributed by atoms with Crippen LogP contribution >= 0.6 is 0 Å². The lowest BCUT2D eigenvalue weighted by atomic mass is 9.79. The molecule has 1 aliphatic rings. The molecule has 20 heavy (non-hydrogen) atoms. The van der Waals surface area contributed by atoms with Crippen LogP contribution < -0.4 is 5.32 Å². The quantitative estimate of drug-likeness (QED) is 0.541. The van der Waals surface area contributed by atoms with Gasteiger partial charge in [-0.1, -0.05) is 58.8 Å². The maximum Gasteiger partial charge on any atom is 0.0771 e. The molecular weight excluding hydrogens is 246 g/mol. The topological polar surface area (TPSA) is 32.3 Å². The molecule has 0 aliphatic heterocycles. The van der Waals surface area contributed by atoms with E-state index < -0.39 is 5.60 Å². The first-order valence-corrected chi connectivity index (χ1v) is 9.09. The molecule has 1 rings (SSSR count). The molecule has 0 aromatic rings. The predicted octanol–water partition coefficient (Wildman–Crippen LogP) is 4.66. The van der Waals surface area contributed by atoms with E-state index in [-0.39, 0.29) is 0 Å². The van der Waals surface area contributed by atoms with Crippen LogP contribution in [0.2, 0.25) is 0 Å². The highest BCUT2D eigenvalue weighted by atomic mass is 16.3. The molecule has 0 amide bonds. The first-order valence-electron chi connectivity index (χ1n) is 9.09. The van der Waals surface area contributed by atoms with E-state index in [1.807, 2.05) is 0 Å². The number of unbranched alkanes of at least 4 members (excludes halogenated alkanes) is 7. The van der Waals surface area contributed by atoms with Crippen molar-refractivity contribution in [3.8, 4) is 0 Å². The molecule has 0 saturated heterocycles. The van der Waals surface area contributed by atoms with Crippen molar-refractivity contribution in [3.63, 3.8) is 0 Å². The van der Waals surface area contributed by atoms with E-state index in [0.29, 0.717) is 0 Å². The van der Waals surface area contributed by atoms with Crippen LogP contribution in [-0.2, 0) is 0 Å². The van der Waals surface area contributed by atoms with Gasteiger partial charge >= 0.3 is 0 Å². The third-order valence-corrected chi connectivity index (χ3v) is 4.87. The maximum atomic E-state index is 10.4. The summed E-state index contributed by atoms with van der Waals surface area (Å²) in [6, 6.07) is 0. The molecule has 0 aromatic carbocycles. The summed E-state index contributed by atoms with van der Waals surface area (Å²) in [5.41, 5.74) is -0.410. The van der Waals surface area contributed by atoms with Crippen molar-refractivity contribution in [1.29, 1.82) is 0 Å². The minimum atomic E-state index is -0.410. The van der Waals surface area contributed by atoms with E-state index in [4.69, 9.17) is 0 Å². The Balaban J connectivity index is 1.87. The van der Waals surface area contributed by atoms with Gasteiger partial charge in [0.25, 0.3) is 0 Å². The summed E-state index contributed by atoms with van der Waals surface area (Å²) in [6.07, 6.45) is 15.3. The zero-order chi connectivity index (χ0) is 14.7. The number of nitrogens with one attached hydrogen (secondary N) is 1. The molecule has 1 aliphatic carbocycles. The second-order valence-corrected chi connectivity index (χ2v) is 7.06. The second-order valence-electron chi connectivity index (χ2n) is 7.06. The standard InChI is InChI=1S/C18H37NO/c1-3-4-5-6-7-8-9-10-15-19-16-18(20)13-11-17(2)12-14-18/h17,19-20H,3-16H2,1-2H3. The van der Waals surface area contributed by atoms with Gasteiger partial charge in [0.1, 0.15) is 0 Å². The summed E-state index contributed by atoms with van der Waals surface area (Å²) in [7, 11) is 0. The normalized spacial score (nSPS) is 26.9. The monoisotopic (exact) mass is 283 g/mol. The largest absolute Gasteiger partial charge is 0.389 e. The fraction of sp³-hybridized carbons (Fsp3) is 1.00. The van der Waals surface area contributed by atoms with Crippen LogP contribution in [0.5, 0.6) is 0 Å². The van der Waals surface area contributed by atoms with Gasteiger partial charge in [0.05, 0.1) is 5.60 Å². The van der Waals surface area contributed by atoms with Crippen molar-refractivity contribution in [2.75, 3.05) is 13.1 Å². The number of hydrogen-bond acceptors (Lipinski definition) is 2. The van der Waals surface area contributed by atoms with Crippen LogP contribution in [0.3, 0.4) is 0 Å². The van der Waals surface area contributed by atoms with Gasteiger partial charge in [-0.2, -0.15) is 0 Å². The van der Waals surface area contributed by atoms with Gasteiger partial charge in [-0.25, -0.2) is 0 Å². The van der Waals surface area contributed by atoms with E-state index in [1.54, 1.807) is 0 Å². The van der Waals surface area contributed by atoms with Gasteiger partial charge in [-0.3, -0.25) is 0 Å². The van der Waals surface area contributed by atoms with E-state index in [0.717, 1.165) is 31.8 Å². The van der Waals surface area contributed by atoms with E-state index in [2.05, 4.69) is 19.2 Å². The molecular formula is C18H37NO. The zero-order valence-corrected chi connectivity index (χ0v) is 13.9. The zero-order valence-electron chi connectivity index (χ0n) is 13.9.